The van der Waals surface area contributed by atoms with Gasteiger partial charge in [0, 0.05) is 37.1 Å². The molecular weight excluding hydrogens is 995 g/mol. The largest absolute Gasteiger partial charge is 0.790 e. The Balaban J connectivity index is 1.30. The summed E-state index contributed by atoms with van der Waals surface area (Å²) in [7, 11) is -17.6. The molecule has 8 N–H and O–H groups in total. The summed E-state index contributed by atoms with van der Waals surface area (Å²) < 4.78 is 60.8. The SMILES string of the molecule is CCCCCCCC[C@H](O)[C@H](O)CCCCCCCC(=O)SCCNC(=O)CCNC(=O)[C@H](O)C(C)(C)COP(=O)([O-])OP(=O)([O-])OC[C@H]1O[C@@H](n2cnc3c(N)ncnc32)[C@H](O)[C@@H]1OP(=O)([O-])[O-]. The van der Waals surface area contributed by atoms with E-state index in [4.69, 9.17) is 10.5 Å². The summed E-state index contributed by atoms with van der Waals surface area (Å²) in [5, 5.41) is 46.8. The minimum Gasteiger partial charge on any atom is -0.790 e. The smallest absolute Gasteiger partial charge is 0.274 e. The zero-order chi connectivity index (χ0) is 51.4. The van der Waals surface area contributed by atoms with Gasteiger partial charge in [-0.3, -0.25) is 28.1 Å². The molecule has 2 unspecified atom stereocenters. The van der Waals surface area contributed by atoms with Crippen molar-refractivity contribution in [2.75, 3.05) is 37.8 Å². The van der Waals surface area contributed by atoms with Crippen LogP contribution in [0.1, 0.15) is 123 Å². The fourth-order valence-electron chi connectivity index (χ4n) is 7.02. The van der Waals surface area contributed by atoms with Crippen LogP contribution in [-0.4, -0.2) is 126 Å². The van der Waals surface area contributed by atoms with Crippen molar-refractivity contribution in [3.05, 3.63) is 12.7 Å². The van der Waals surface area contributed by atoms with Gasteiger partial charge < -0.3 is 79.2 Å². The minimum atomic E-state index is -5.93. The lowest BCUT2D eigenvalue weighted by Gasteiger charge is -2.36. The summed E-state index contributed by atoms with van der Waals surface area (Å²) in [5.41, 5.74) is 4.06. The standard InChI is InChI=1S/C39H70N7O19P3S/c1-4-5-6-7-9-12-15-26(47)27(48)16-13-10-8-11-14-17-30(50)69-21-20-41-29(49)18-19-42-37(53)34(52)39(2,3)23-62-68(59,60)65-67(57,58)61-22-28-33(64-66(54,55)56)32(51)38(63-28)46-25-45-31-35(40)43-24-44-36(31)46/h24-28,32-34,38,47-48,51-52H,4-23H2,1-3H3,(H,41,49)(H,42,53)(H,57,58)(H,59,60)(H2,40,43,44)(H2,54,55,56)/p-4/t26-,27+,28+,32+,33+,34-,38+/m0/s1. The van der Waals surface area contributed by atoms with Crippen LogP contribution in [0, 0.1) is 5.41 Å². The van der Waals surface area contributed by atoms with Crippen LogP contribution in [0.15, 0.2) is 12.7 Å². The van der Waals surface area contributed by atoms with E-state index in [1.807, 2.05) is 0 Å². The molecule has 0 saturated carbocycles. The third kappa shape index (κ3) is 22.0. The predicted octanol–water partition coefficient (Wildman–Crippen LogP) is 0.340. The summed E-state index contributed by atoms with van der Waals surface area (Å²) in [4.78, 5) is 96.9. The van der Waals surface area contributed by atoms with Crippen molar-refractivity contribution >= 4 is 69.1 Å². The van der Waals surface area contributed by atoms with Gasteiger partial charge in [-0.2, -0.15) is 0 Å². The number of aromatic nitrogens is 4. The van der Waals surface area contributed by atoms with Crippen molar-refractivity contribution in [3.8, 4) is 0 Å². The average molecular weight is 1060 g/mol. The predicted molar refractivity (Wildman–Crippen MR) is 241 cm³/mol. The zero-order valence-electron chi connectivity index (χ0n) is 38.9. The number of ether oxygens (including phenoxy) is 1. The molecule has 0 spiro atoms. The minimum absolute atomic E-state index is 0.0156. The molecule has 1 aliphatic heterocycles. The summed E-state index contributed by atoms with van der Waals surface area (Å²) in [6, 6.07) is 0. The monoisotopic (exact) mass is 1060 g/mol. The van der Waals surface area contributed by atoms with Gasteiger partial charge in [0.15, 0.2) is 22.8 Å². The maximum absolute atomic E-state index is 12.6. The Morgan fingerprint density at radius 3 is 2.12 bits per heavy atom. The van der Waals surface area contributed by atoms with Crippen molar-refractivity contribution in [3.63, 3.8) is 0 Å². The molecule has 69 heavy (non-hydrogen) atoms. The van der Waals surface area contributed by atoms with Crippen LogP contribution >= 0.6 is 35.2 Å². The van der Waals surface area contributed by atoms with Gasteiger partial charge in [0.05, 0.1) is 39.6 Å². The molecule has 9 atom stereocenters. The first kappa shape index (κ1) is 60.8. The summed E-state index contributed by atoms with van der Waals surface area (Å²) in [6.45, 7) is 2.22. The van der Waals surface area contributed by atoms with Gasteiger partial charge in [0.2, 0.25) is 11.8 Å². The molecule has 3 rings (SSSR count). The first-order valence-corrected chi connectivity index (χ1v) is 28.1. The van der Waals surface area contributed by atoms with Crippen molar-refractivity contribution in [2.45, 2.75) is 160 Å². The van der Waals surface area contributed by atoms with Crippen LogP contribution in [0.25, 0.3) is 11.2 Å². The Hall–Kier alpha value is -2.52. The molecule has 30 heteroatoms. The van der Waals surface area contributed by atoms with Gasteiger partial charge >= 0.3 is 0 Å². The second kappa shape index (κ2) is 29.2. The van der Waals surface area contributed by atoms with Crippen molar-refractivity contribution in [1.29, 1.82) is 0 Å². The van der Waals surface area contributed by atoms with Crippen molar-refractivity contribution < 1.29 is 90.7 Å². The summed E-state index contributed by atoms with van der Waals surface area (Å²) in [5.74, 6) is -1.24. The summed E-state index contributed by atoms with van der Waals surface area (Å²) >= 11 is 1.08. The van der Waals surface area contributed by atoms with E-state index in [2.05, 4.69) is 50.4 Å². The van der Waals surface area contributed by atoms with Gasteiger partial charge in [-0.05, 0) is 19.3 Å². The number of nitrogens with one attached hydrogen (secondary N) is 2. The lowest BCUT2D eigenvalue weighted by molar-refractivity contribution is -0.347. The molecule has 2 amide bonds. The second-order valence-electron chi connectivity index (χ2n) is 17.2. The van der Waals surface area contributed by atoms with E-state index in [1.54, 1.807) is 0 Å². The number of anilines is 1. The first-order chi connectivity index (χ1) is 32.4. The number of aliphatic hydroxyl groups is 4. The van der Waals surface area contributed by atoms with Crippen LogP contribution in [0.3, 0.4) is 0 Å². The molecule has 0 radical (unpaired) electrons. The maximum Gasteiger partial charge on any atom is 0.274 e. The number of hydrogen-bond donors (Lipinski definition) is 7. The highest BCUT2D eigenvalue weighted by atomic mass is 32.2. The number of amides is 2. The number of thioether (sulfide) groups is 1. The van der Waals surface area contributed by atoms with Crippen LogP contribution in [0.2, 0.25) is 0 Å². The topological polar surface area (TPSA) is 415 Å². The Labute approximate surface area is 404 Å². The molecule has 2 aromatic heterocycles. The Kier molecular flexibility index (Phi) is 25.8. The third-order valence-corrected chi connectivity index (χ3v) is 14.9. The van der Waals surface area contributed by atoms with Gasteiger partial charge in [0.1, 0.15) is 36.3 Å². The summed E-state index contributed by atoms with van der Waals surface area (Å²) in [6.07, 6.45) is 3.42. The van der Waals surface area contributed by atoms with Crippen LogP contribution in [0.4, 0.5) is 5.82 Å². The van der Waals surface area contributed by atoms with Crippen molar-refractivity contribution in [1.82, 2.24) is 30.2 Å². The van der Waals surface area contributed by atoms with E-state index >= 15 is 0 Å². The number of unbranched alkanes of at least 4 members (excludes halogenated alkanes) is 9. The van der Waals surface area contributed by atoms with E-state index < -0.39 is 96.8 Å². The van der Waals surface area contributed by atoms with E-state index in [9.17, 15) is 68.1 Å². The van der Waals surface area contributed by atoms with Crippen LogP contribution in [0.5, 0.6) is 0 Å². The zero-order valence-corrected chi connectivity index (χ0v) is 42.4. The van der Waals surface area contributed by atoms with Gasteiger partial charge in [-0.25, -0.2) is 19.3 Å². The molecule has 0 aromatic carbocycles. The highest BCUT2D eigenvalue weighted by Crippen LogP contribution is 2.56. The first-order valence-electron chi connectivity index (χ1n) is 22.7. The number of hydrogen-bond acceptors (Lipinski definition) is 24. The van der Waals surface area contributed by atoms with E-state index in [1.165, 1.54) is 33.1 Å². The lowest BCUT2D eigenvalue weighted by Crippen LogP contribution is -2.46. The number of carbonyl (C=O) groups is 3. The van der Waals surface area contributed by atoms with Crippen LogP contribution < -0.4 is 35.9 Å². The molecule has 26 nitrogen and oxygen atoms in total. The highest BCUT2D eigenvalue weighted by molar-refractivity contribution is 8.13. The van der Waals surface area contributed by atoms with Gasteiger partial charge in [-0.15, -0.1) is 0 Å². The Bertz CT molecular complexity index is 2070. The average Bonchev–Trinajstić information content (AvgIpc) is 3.83. The molecule has 3 heterocycles. The van der Waals surface area contributed by atoms with E-state index in [-0.39, 0.29) is 41.6 Å². The number of nitrogen functional groups attached to an aromatic ring is 1. The molecular formula is C39H66N7O19P3S-4. The fourth-order valence-corrected chi connectivity index (χ4v) is 10.5. The number of phosphoric ester groups is 3. The number of nitrogens with two attached hydrogens (primary N) is 1. The molecule has 1 aliphatic rings. The number of phosphoric acid groups is 3. The van der Waals surface area contributed by atoms with Gasteiger partial charge in [-0.1, -0.05) is 96.7 Å². The number of nitrogens with zero attached hydrogens (tertiary/aromatic N) is 4. The second-order valence-corrected chi connectivity index (χ2v) is 22.4. The Morgan fingerprint density at radius 1 is 0.870 bits per heavy atom. The number of fused-ring (bicyclic) bond motifs is 1. The maximum atomic E-state index is 12.6. The van der Waals surface area contributed by atoms with Crippen LogP contribution in [-0.2, 0) is 50.7 Å². The third-order valence-electron chi connectivity index (χ3n) is 10.9. The molecule has 0 bridgehead atoms. The Morgan fingerprint density at radius 2 is 1.48 bits per heavy atom. The fraction of sp³-hybridized carbons (Fsp3) is 0.795. The highest BCUT2D eigenvalue weighted by Gasteiger charge is 2.47. The molecule has 1 saturated heterocycles. The molecule has 2 aromatic rings. The van der Waals surface area contributed by atoms with E-state index in [0.717, 1.165) is 73.9 Å². The molecule has 0 aliphatic carbocycles. The van der Waals surface area contributed by atoms with Crippen molar-refractivity contribution in [2.24, 2.45) is 5.41 Å². The number of aliphatic hydroxyl groups excluding tert-OH is 4. The lowest BCUT2D eigenvalue weighted by atomic mass is 9.87. The number of imidazole rings is 1. The molecule has 396 valence electrons. The quantitative estimate of drug-likeness (QED) is 0.0361. The van der Waals surface area contributed by atoms with Gasteiger partial charge in [0.25, 0.3) is 15.6 Å². The molecule has 1 fully saturated rings. The number of rotatable bonds is 35. The van der Waals surface area contributed by atoms with E-state index in [0.29, 0.717) is 31.4 Å². The number of carbonyl (C=O) groups excluding carboxylic acids is 3. The normalized spacial score (nSPS) is 20.8.